The summed E-state index contributed by atoms with van der Waals surface area (Å²) >= 11 is 0. The lowest BCUT2D eigenvalue weighted by Gasteiger charge is -2.20. The molecule has 0 heterocycles. The number of benzene rings is 1. The Morgan fingerprint density at radius 2 is 1.95 bits per heavy atom. The maximum absolute atomic E-state index is 5.85. The van der Waals surface area contributed by atoms with Crippen LogP contribution in [-0.4, -0.2) is 34.0 Å². The number of rotatable bonds is 10. The Kier molecular flexibility index (Phi) is 6.33. The Hall–Kier alpha value is -1.26. The normalized spacial score (nSPS) is 15.8. The van der Waals surface area contributed by atoms with E-state index in [1.54, 1.807) is 14.2 Å². The van der Waals surface area contributed by atoms with Gasteiger partial charge in [-0.2, -0.15) is 0 Å². The monoisotopic (exact) mass is 293 g/mol. The number of hydrogen-bond donors (Lipinski definition) is 1. The molecule has 1 fully saturated rings. The van der Waals surface area contributed by atoms with Crippen LogP contribution in [0.1, 0.15) is 37.8 Å². The summed E-state index contributed by atoms with van der Waals surface area (Å²) in [4.78, 5) is 0. The minimum Gasteiger partial charge on any atom is -0.493 e. The second-order valence-corrected chi connectivity index (χ2v) is 5.53. The summed E-state index contributed by atoms with van der Waals surface area (Å²) < 4.78 is 16.5. The van der Waals surface area contributed by atoms with Crippen LogP contribution < -0.4 is 14.8 Å². The first-order chi connectivity index (χ1) is 10.3. The van der Waals surface area contributed by atoms with Crippen LogP contribution in [0.15, 0.2) is 18.2 Å². The van der Waals surface area contributed by atoms with Gasteiger partial charge in [0.2, 0.25) is 0 Å². The van der Waals surface area contributed by atoms with Crippen molar-refractivity contribution < 1.29 is 14.2 Å². The zero-order valence-electron chi connectivity index (χ0n) is 13.4. The fraction of sp³-hybridized carbons (Fsp3) is 0.647. The summed E-state index contributed by atoms with van der Waals surface area (Å²) in [5, 5.41) is 3.47. The third-order valence-electron chi connectivity index (χ3n) is 3.91. The van der Waals surface area contributed by atoms with Crippen molar-refractivity contribution in [2.75, 3.05) is 34.0 Å². The molecule has 4 nitrogen and oxygen atoms in total. The molecular weight excluding hydrogens is 266 g/mol. The highest BCUT2D eigenvalue weighted by Gasteiger charge is 2.21. The van der Waals surface area contributed by atoms with Crippen molar-refractivity contribution in [3.8, 4) is 11.5 Å². The summed E-state index contributed by atoms with van der Waals surface area (Å²) in [6.45, 7) is 4.57. The van der Waals surface area contributed by atoms with Crippen molar-refractivity contribution in [1.29, 1.82) is 0 Å². The second-order valence-electron chi connectivity index (χ2n) is 5.53. The van der Waals surface area contributed by atoms with E-state index in [9.17, 15) is 0 Å². The highest BCUT2D eigenvalue weighted by Crippen LogP contribution is 2.32. The lowest BCUT2D eigenvalue weighted by molar-refractivity contribution is 0.106. The summed E-state index contributed by atoms with van der Waals surface area (Å²) in [7, 11) is 3.32. The lowest BCUT2D eigenvalue weighted by atomic mass is 10.1. The van der Waals surface area contributed by atoms with E-state index in [-0.39, 0.29) is 6.04 Å². The van der Waals surface area contributed by atoms with Gasteiger partial charge in [-0.15, -0.1) is 0 Å². The van der Waals surface area contributed by atoms with Crippen LogP contribution in [-0.2, 0) is 4.74 Å². The van der Waals surface area contributed by atoms with E-state index in [1.165, 1.54) is 24.8 Å². The van der Waals surface area contributed by atoms with Gasteiger partial charge in [-0.1, -0.05) is 25.8 Å². The second kappa shape index (κ2) is 8.25. The van der Waals surface area contributed by atoms with Crippen LogP contribution in [0.3, 0.4) is 0 Å². The van der Waals surface area contributed by atoms with Gasteiger partial charge in [-0.05, 0) is 36.6 Å². The minimum atomic E-state index is 0.189. The predicted octanol–water partition coefficient (Wildman–Crippen LogP) is 3.17. The van der Waals surface area contributed by atoms with Crippen LogP contribution in [0.2, 0.25) is 0 Å². The van der Waals surface area contributed by atoms with Crippen LogP contribution >= 0.6 is 0 Å². The first-order valence-electron chi connectivity index (χ1n) is 7.81. The smallest absolute Gasteiger partial charge is 0.161 e. The predicted molar refractivity (Wildman–Crippen MR) is 84.1 cm³/mol. The van der Waals surface area contributed by atoms with Crippen LogP contribution in [0.4, 0.5) is 0 Å². The quantitative estimate of drug-likeness (QED) is 0.673. The van der Waals surface area contributed by atoms with Gasteiger partial charge in [0.25, 0.3) is 0 Å². The molecule has 1 N–H and O–H groups in total. The number of ether oxygens (including phenoxy) is 3. The standard InChI is InChI=1S/C17H27NO3/c1-4-18-15(12-21-10-9-13-5-6-13)14-7-8-16(19-2)17(11-14)20-3/h7-8,11,13,15,18H,4-6,9-10,12H2,1-3H3. The fourth-order valence-electron chi connectivity index (χ4n) is 2.45. The summed E-state index contributed by atoms with van der Waals surface area (Å²) in [6.07, 6.45) is 3.97. The molecule has 0 bridgehead atoms. The number of methoxy groups -OCH3 is 2. The zero-order chi connectivity index (χ0) is 15.1. The molecule has 4 heteroatoms. The van der Waals surface area contributed by atoms with Gasteiger partial charge in [0.05, 0.1) is 26.9 Å². The van der Waals surface area contributed by atoms with Gasteiger partial charge in [-0.25, -0.2) is 0 Å². The Labute approximate surface area is 127 Å². The molecular formula is C17H27NO3. The summed E-state index contributed by atoms with van der Waals surface area (Å²) in [6, 6.07) is 6.23. The molecule has 1 aromatic carbocycles. The molecule has 1 saturated carbocycles. The van der Waals surface area contributed by atoms with Crippen LogP contribution in [0.25, 0.3) is 0 Å². The van der Waals surface area contributed by atoms with E-state index in [4.69, 9.17) is 14.2 Å². The van der Waals surface area contributed by atoms with Crippen molar-refractivity contribution in [1.82, 2.24) is 5.32 Å². The fourth-order valence-corrected chi connectivity index (χ4v) is 2.45. The Morgan fingerprint density at radius 3 is 2.57 bits per heavy atom. The Morgan fingerprint density at radius 1 is 1.19 bits per heavy atom. The van der Waals surface area contributed by atoms with E-state index in [1.807, 2.05) is 12.1 Å². The first kappa shape index (κ1) is 16.1. The number of likely N-dealkylation sites (N-methyl/N-ethyl adjacent to an activating group) is 1. The van der Waals surface area contributed by atoms with Gasteiger partial charge in [0.15, 0.2) is 11.5 Å². The zero-order valence-corrected chi connectivity index (χ0v) is 13.4. The molecule has 1 aliphatic carbocycles. The maximum Gasteiger partial charge on any atom is 0.161 e. The molecule has 0 spiro atoms. The molecule has 0 aromatic heterocycles. The molecule has 1 atom stereocenters. The van der Waals surface area contributed by atoms with Gasteiger partial charge in [0, 0.05) is 6.61 Å². The molecule has 0 radical (unpaired) electrons. The molecule has 118 valence electrons. The molecule has 1 unspecified atom stereocenters. The third-order valence-corrected chi connectivity index (χ3v) is 3.91. The number of nitrogens with one attached hydrogen (secondary N) is 1. The largest absolute Gasteiger partial charge is 0.493 e. The summed E-state index contributed by atoms with van der Waals surface area (Å²) in [5.74, 6) is 2.44. The van der Waals surface area contributed by atoms with Crippen LogP contribution in [0, 0.1) is 5.92 Å². The molecule has 0 aliphatic heterocycles. The molecule has 0 amide bonds. The third kappa shape index (κ3) is 4.90. The number of hydrogen-bond acceptors (Lipinski definition) is 4. The van der Waals surface area contributed by atoms with E-state index in [0.29, 0.717) is 6.61 Å². The Balaban J connectivity index is 1.94. The highest BCUT2D eigenvalue weighted by molar-refractivity contribution is 5.43. The van der Waals surface area contributed by atoms with Crippen molar-refractivity contribution in [3.63, 3.8) is 0 Å². The average Bonchev–Trinajstić information content (AvgIpc) is 3.34. The van der Waals surface area contributed by atoms with E-state index in [2.05, 4.69) is 18.3 Å². The van der Waals surface area contributed by atoms with Gasteiger partial charge >= 0.3 is 0 Å². The van der Waals surface area contributed by atoms with E-state index < -0.39 is 0 Å². The van der Waals surface area contributed by atoms with Gasteiger partial charge in [-0.3, -0.25) is 0 Å². The Bertz CT molecular complexity index is 432. The van der Waals surface area contributed by atoms with Crippen molar-refractivity contribution in [2.45, 2.75) is 32.2 Å². The lowest BCUT2D eigenvalue weighted by Crippen LogP contribution is -2.25. The maximum atomic E-state index is 5.85. The van der Waals surface area contributed by atoms with Gasteiger partial charge in [0.1, 0.15) is 0 Å². The molecule has 1 aliphatic rings. The first-order valence-corrected chi connectivity index (χ1v) is 7.81. The summed E-state index contributed by atoms with van der Waals surface area (Å²) in [5.41, 5.74) is 1.17. The van der Waals surface area contributed by atoms with E-state index in [0.717, 1.165) is 30.6 Å². The van der Waals surface area contributed by atoms with Crippen molar-refractivity contribution >= 4 is 0 Å². The van der Waals surface area contributed by atoms with Crippen LogP contribution in [0.5, 0.6) is 11.5 Å². The topological polar surface area (TPSA) is 39.7 Å². The average molecular weight is 293 g/mol. The van der Waals surface area contributed by atoms with Crippen molar-refractivity contribution in [2.24, 2.45) is 5.92 Å². The van der Waals surface area contributed by atoms with E-state index >= 15 is 0 Å². The SMILES string of the molecule is CCNC(COCCC1CC1)c1ccc(OC)c(OC)c1. The molecule has 2 rings (SSSR count). The molecule has 21 heavy (non-hydrogen) atoms. The van der Waals surface area contributed by atoms with Crippen molar-refractivity contribution in [3.05, 3.63) is 23.8 Å². The minimum absolute atomic E-state index is 0.189. The molecule has 0 saturated heterocycles. The molecule has 1 aromatic rings. The highest BCUT2D eigenvalue weighted by atomic mass is 16.5. The van der Waals surface area contributed by atoms with Gasteiger partial charge < -0.3 is 19.5 Å².